The van der Waals surface area contributed by atoms with Gasteiger partial charge in [0.15, 0.2) is 0 Å². The average Bonchev–Trinajstić information content (AvgIpc) is 4.09. The molecule has 1 aliphatic heterocycles. The largest absolute Gasteiger partial charge is 0.310 e. The molecule has 0 N–H and O–H groups in total. The lowest BCUT2D eigenvalue weighted by atomic mass is 9.67. The minimum atomic E-state index is -0.516. The van der Waals surface area contributed by atoms with E-state index in [4.69, 9.17) is 0 Å². The zero-order valence-corrected chi connectivity index (χ0v) is 40.1. The van der Waals surface area contributed by atoms with Crippen molar-refractivity contribution in [1.29, 1.82) is 0 Å². The number of fused-ring (bicyclic) bond motifs is 15. The lowest BCUT2D eigenvalue weighted by Gasteiger charge is -2.39. The zero-order chi connectivity index (χ0) is 46.6. The summed E-state index contributed by atoms with van der Waals surface area (Å²) in [5.74, 6) is 0. The quantitative estimate of drug-likeness (QED) is 0.164. The molecule has 0 atom stereocenters. The van der Waals surface area contributed by atoms with Crippen molar-refractivity contribution in [2.24, 2.45) is 0 Å². The fraction of sp³-hybridized carbons (Fsp3) is 0.0149. The number of hydrogen-bond acceptors (Lipinski definition) is 3. The Morgan fingerprint density at radius 3 is 1.75 bits per heavy atom. The van der Waals surface area contributed by atoms with Crippen LogP contribution in [0, 0.1) is 0 Å². The Balaban J connectivity index is 1.04. The van der Waals surface area contributed by atoms with Gasteiger partial charge in [0.25, 0.3) is 0 Å². The molecule has 13 aromatic rings. The van der Waals surface area contributed by atoms with Crippen molar-refractivity contribution in [2.75, 3.05) is 4.90 Å². The fourth-order valence-electron chi connectivity index (χ4n) is 12.1. The van der Waals surface area contributed by atoms with Gasteiger partial charge in [-0.1, -0.05) is 194 Å². The van der Waals surface area contributed by atoms with E-state index in [1.807, 2.05) is 23.1 Å². The van der Waals surface area contributed by atoms with Crippen LogP contribution in [0.25, 0.3) is 81.0 Å². The number of para-hydroxylation sites is 2. The molecule has 1 spiro atoms. The van der Waals surface area contributed by atoms with Gasteiger partial charge in [-0.3, -0.25) is 0 Å². The molecule has 0 saturated carbocycles. The summed E-state index contributed by atoms with van der Waals surface area (Å²) in [6.07, 6.45) is 0. The van der Waals surface area contributed by atoms with E-state index < -0.39 is 5.41 Å². The second-order valence-corrected chi connectivity index (χ2v) is 20.9. The monoisotopic (exact) mass is 938 g/mol. The summed E-state index contributed by atoms with van der Waals surface area (Å²) in [6.45, 7) is 0. The van der Waals surface area contributed by atoms with Crippen molar-refractivity contribution in [3.05, 3.63) is 277 Å². The molecule has 0 amide bonds. The summed E-state index contributed by atoms with van der Waals surface area (Å²) in [5, 5.41) is 4.96. The molecule has 0 unspecified atom stereocenters. The molecule has 15 rings (SSSR count). The number of thiophene rings is 1. The lowest BCUT2D eigenvalue weighted by molar-refractivity contribution is 0.722. The lowest BCUT2D eigenvalue weighted by Crippen LogP contribution is -2.32. The Bertz CT molecular complexity index is 4220. The Labute approximate surface area is 420 Å². The third-order valence-corrected chi connectivity index (χ3v) is 17.4. The number of benzene rings is 11. The minimum absolute atomic E-state index is 0.516. The van der Waals surface area contributed by atoms with Crippen LogP contribution in [0.2, 0.25) is 0 Å². The van der Waals surface area contributed by atoms with Gasteiger partial charge in [-0.25, -0.2) is 0 Å². The molecule has 3 heterocycles. The highest BCUT2D eigenvalue weighted by atomic mass is 32.2. The molecular formula is C67H42N2S2. The molecule has 2 aromatic heterocycles. The molecule has 0 bridgehead atoms. The molecule has 0 radical (unpaired) electrons. The van der Waals surface area contributed by atoms with Gasteiger partial charge in [-0.2, -0.15) is 0 Å². The van der Waals surface area contributed by atoms with Gasteiger partial charge in [0, 0.05) is 68.9 Å². The van der Waals surface area contributed by atoms with Crippen LogP contribution >= 0.6 is 23.1 Å². The van der Waals surface area contributed by atoms with Gasteiger partial charge < -0.3 is 9.47 Å². The summed E-state index contributed by atoms with van der Waals surface area (Å²) < 4.78 is 4.99. The number of rotatable bonds is 6. The van der Waals surface area contributed by atoms with Crippen LogP contribution in [0.15, 0.2) is 265 Å². The molecule has 11 aromatic carbocycles. The summed E-state index contributed by atoms with van der Waals surface area (Å²) in [4.78, 5) is 5.18. The normalized spacial score (nSPS) is 13.1. The van der Waals surface area contributed by atoms with Gasteiger partial charge in [0.1, 0.15) is 0 Å². The molecule has 0 saturated heterocycles. The number of nitrogens with zero attached hydrogens (tertiary/aromatic N) is 2. The second-order valence-electron chi connectivity index (χ2n) is 18.7. The number of anilines is 3. The van der Waals surface area contributed by atoms with Gasteiger partial charge >= 0.3 is 0 Å². The molecule has 2 aliphatic rings. The Morgan fingerprint density at radius 2 is 0.958 bits per heavy atom. The maximum Gasteiger partial charge on any atom is 0.0736 e. The smallest absolute Gasteiger partial charge is 0.0736 e. The average molecular weight is 939 g/mol. The molecule has 0 fully saturated rings. The molecule has 332 valence electrons. The van der Waals surface area contributed by atoms with Crippen LogP contribution in [0.1, 0.15) is 22.3 Å². The SMILES string of the molecule is c1ccc(-c2ccc(-c3cc(N(c4ccc5c(c4)c4ccccc4n5-c4ccccc4)c4cccc5c4-c4ccccc4C54c5ccccc5Sc5ccccc54)cc4c3sc3ccccc34)cc2)cc1. The van der Waals surface area contributed by atoms with E-state index in [1.165, 1.54) is 107 Å². The van der Waals surface area contributed by atoms with E-state index in [9.17, 15) is 0 Å². The topological polar surface area (TPSA) is 8.17 Å². The minimum Gasteiger partial charge on any atom is -0.310 e. The highest BCUT2D eigenvalue weighted by molar-refractivity contribution is 7.99. The van der Waals surface area contributed by atoms with Crippen molar-refractivity contribution in [2.45, 2.75) is 15.2 Å². The van der Waals surface area contributed by atoms with Crippen molar-refractivity contribution >= 4 is 82.1 Å². The van der Waals surface area contributed by atoms with Gasteiger partial charge in [-0.05, 0) is 117 Å². The van der Waals surface area contributed by atoms with Gasteiger partial charge in [0.2, 0.25) is 0 Å². The van der Waals surface area contributed by atoms with E-state index in [1.54, 1.807) is 0 Å². The molecule has 2 nitrogen and oxygen atoms in total. The Morgan fingerprint density at radius 1 is 0.366 bits per heavy atom. The van der Waals surface area contributed by atoms with Crippen LogP contribution < -0.4 is 4.90 Å². The predicted octanol–water partition coefficient (Wildman–Crippen LogP) is 18.8. The fourth-order valence-corrected chi connectivity index (χ4v) is 14.5. The number of aromatic nitrogens is 1. The van der Waals surface area contributed by atoms with Crippen LogP contribution in [-0.2, 0) is 5.41 Å². The van der Waals surface area contributed by atoms with Crippen LogP contribution in [0.5, 0.6) is 0 Å². The van der Waals surface area contributed by atoms with E-state index in [0.717, 1.165) is 22.7 Å². The molecule has 4 heteroatoms. The summed E-state index contributed by atoms with van der Waals surface area (Å²) in [6, 6.07) is 95.0. The number of hydrogen-bond donors (Lipinski definition) is 0. The van der Waals surface area contributed by atoms with Crippen LogP contribution in [0.3, 0.4) is 0 Å². The van der Waals surface area contributed by atoms with Crippen molar-refractivity contribution in [3.63, 3.8) is 0 Å². The molecule has 71 heavy (non-hydrogen) atoms. The maximum atomic E-state index is 2.58. The third-order valence-electron chi connectivity index (χ3n) is 15.0. The molecular weight excluding hydrogens is 897 g/mol. The Kier molecular flexibility index (Phi) is 9.01. The highest BCUT2D eigenvalue weighted by Crippen LogP contribution is 2.64. The first-order chi connectivity index (χ1) is 35.2. The van der Waals surface area contributed by atoms with Crippen LogP contribution in [-0.4, -0.2) is 4.57 Å². The summed E-state index contributed by atoms with van der Waals surface area (Å²) in [5.41, 5.74) is 19.0. The van der Waals surface area contributed by atoms with Gasteiger partial charge in [-0.15, -0.1) is 11.3 Å². The highest BCUT2D eigenvalue weighted by Gasteiger charge is 2.51. The summed E-state index contributed by atoms with van der Waals surface area (Å²) in [7, 11) is 0. The second kappa shape index (κ2) is 15.8. The van der Waals surface area contributed by atoms with Crippen LogP contribution in [0.4, 0.5) is 17.1 Å². The van der Waals surface area contributed by atoms with E-state index in [-0.39, 0.29) is 0 Å². The first-order valence-corrected chi connectivity index (χ1v) is 26.0. The zero-order valence-electron chi connectivity index (χ0n) is 38.5. The first-order valence-electron chi connectivity index (χ1n) is 24.3. The third kappa shape index (κ3) is 5.96. The standard InChI is InChI=1S/C67H42N2S2/c1-3-18-43(19-4-1)44-34-36-45(37-35-44)52-41-48(42-54-50-23-9-14-31-62(50)71-66(52)54)68(47-38-39-60-53(40-47)49-22-8-13-29-59(49)69(60)46-20-5-2-6-21-46)61-30-17-28-58-65(61)51-24-7-10-25-55(51)67(58)56-26-11-15-32-63(56)70-64-33-16-12-27-57(64)67/h1-42H. The Hall–Kier alpha value is -8.41. The van der Waals surface area contributed by atoms with Crippen molar-refractivity contribution in [1.82, 2.24) is 4.57 Å². The van der Waals surface area contributed by atoms with E-state index in [0.29, 0.717) is 0 Å². The van der Waals surface area contributed by atoms with E-state index >= 15 is 0 Å². The van der Waals surface area contributed by atoms with Crippen molar-refractivity contribution in [3.8, 4) is 39.1 Å². The summed E-state index contributed by atoms with van der Waals surface area (Å²) >= 11 is 3.78. The van der Waals surface area contributed by atoms with Gasteiger partial charge in [0.05, 0.1) is 22.1 Å². The predicted molar refractivity (Wildman–Crippen MR) is 301 cm³/mol. The van der Waals surface area contributed by atoms with Crippen molar-refractivity contribution < 1.29 is 0 Å². The first kappa shape index (κ1) is 40.5. The maximum absolute atomic E-state index is 2.58. The molecule has 1 aliphatic carbocycles. The van der Waals surface area contributed by atoms with E-state index in [2.05, 4.69) is 264 Å².